The molecule has 0 aromatic heterocycles. The van der Waals surface area contributed by atoms with Crippen molar-refractivity contribution in [2.24, 2.45) is 0 Å². The second-order valence-electron chi connectivity index (χ2n) is 4.72. The molecule has 1 heterocycles. The van der Waals surface area contributed by atoms with Crippen LogP contribution in [0.15, 0.2) is 28.7 Å². The van der Waals surface area contributed by atoms with E-state index in [0.29, 0.717) is 19.4 Å². The van der Waals surface area contributed by atoms with Gasteiger partial charge < -0.3 is 15.4 Å². The molecule has 1 aliphatic rings. The van der Waals surface area contributed by atoms with Crippen LogP contribution in [0.5, 0.6) is 0 Å². The first-order chi connectivity index (χ1) is 9.18. The predicted octanol–water partition coefficient (Wildman–Crippen LogP) is 2.26. The summed E-state index contributed by atoms with van der Waals surface area (Å²) in [5.41, 5.74) is 0.392. The Morgan fingerprint density at radius 1 is 1.40 bits per heavy atom. The molecule has 4 nitrogen and oxygen atoms in total. The van der Waals surface area contributed by atoms with Crippen LogP contribution in [0.1, 0.15) is 18.4 Å². The van der Waals surface area contributed by atoms with Crippen LogP contribution in [0, 0.1) is 0 Å². The fourth-order valence-corrected chi connectivity index (χ4v) is 2.76. The molecule has 2 N–H and O–H groups in total. The average Bonchev–Trinajstić information content (AvgIpc) is 2.46. The van der Waals surface area contributed by atoms with Gasteiger partial charge in [0.05, 0.1) is 0 Å². The van der Waals surface area contributed by atoms with Crippen LogP contribution < -0.4 is 10.6 Å². The zero-order valence-corrected chi connectivity index (χ0v) is 13.9. The number of nitrogens with one attached hydrogen (secondary N) is 2. The van der Waals surface area contributed by atoms with E-state index in [-0.39, 0.29) is 18.3 Å². The SMILES string of the molecule is COC1(C(=O)NCc2ccccc2Br)CCNCC1.Cl. The van der Waals surface area contributed by atoms with Crippen molar-refractivity contribution in [2.75, 3.05) is 20.2 Å². The Kier molecular flexibility index (Phi) is 6.95. The van der Waals surface area contributed by atoms with Crippen molar-refractivity contribution in [1.29, 1.82) is 0 Å². The van der Waals surface area contributed by atoms with E-state index >= 15 is 0 Å². The van der Waals surface area contributed by atoms with Gasteiger partial charge in [0, 0.05) is 18.1 Å². The molecule has 1 amide bonds. The van der Waals surface area contributed by atoms with Gasteiger partial charge in [-0.25, -0.2) is 0 Å². The number of carbonyl (C=O) groups is 1. The zero-order valence-electron chi connectivity index (χ0n) is 11.4. The number of methoxy groups -OCH3 is 1. The molecule has 1 aromatic carbocycles. The van der Waals surface area contributed by atoms with Gasteiger partial charge in [0.1, 0.15) is 5.60 Å². The lowest BCUT2D eigenvalue weighted by molar-refractivity contribution is -0.146. The van der Waals surface area contributed by atoms with Gasteiger partial charge in [-0.3, -0.25) is 4.79 Å². The van der Waals surface area contributed by atoms with Crippen LogP contribution in [-0.2, 0) is 16.1 Å². The Morgan fingerprint density at radius 2 is 2.05 bits per heavy atom. The second kappa shape index (κ2) is 7.98. The van der Waals surface area contributed by atoms with Crippen LogP contribution in [0.3, 0.4) is 0 Å². The van der Waals surface area contributed by atoms with Gasteiger partial charge >= 0.3 is 0 Å². The number of piperidine rings is 1. The fourth-order valence-electron chi connectivity index (χ4n) is 2.33. The van der Waals surface area contributed by atoms with Crippen LogP contribution >= 0.6 is 28.3 Å². The normalized spacial score (nSPS) is 17.1. The molecule has 0 atom stereocenters. The van der Waals surface area contributed by atoms with E-state index in [2.05, 4.69) is 26.6 Å². The van der Waals surface area contributed by atoms with Gasteiger partial charge in [0.25, 0.3) is 5.91 Å². The lowest BCUT2D eigenvalue weighted by Crippen LogP contribution is -2.53. The van der Waals surface area contributed by atoms with Crippen LogP contribution in [-0.4, -0.2) is 31.7 Å². The summed E-state index contributed by atoms with van der Waals surface area (Å²) in [6, 6.07) is 7.88. The number of hydrogen-bond donors (Lipinski definition) is 2. The molecule has 1 saturated heterocycles. The quantitative estimate of drug-likeness (QED) is 0.863. The van der Waals surface area contributed by atoms with E-state index in [0.717, 1.165) is 23.1 Å². The fraction of sp³-hybridized carbons (Fsp3) is 0.500. The molecule has 0 unspecified atom stereocenters. The van der Waals surface area contributed by atoms with Crippen molar-refractivity contribution < 1.29 is 9.53 Å². The Morgan fingerprint density at radius 3 is 2.65 bits per heavy atom. The van der Waals surface area contributed by atoms with Gasteiger partial charge in [-0.1, -0.05) is 34.1 Å². The molecule has 0 spiro atoms. The highest BCUT2D eigenvalue weighted by atomic mass is 79.9. The first kappa shape index (κ1) is 17.4. The maximum absolute atomic E-state index is 12.4. The van der Waals surface area contributed by atoms with E-state index in [1.807, 2.05) is 24.3 Å². The molecule has 1 aromatic rings. The third-order valence-electron chi connectivity index (χ3n) is 3.61. The van der Waals surface area contributed by atoms with E-state index in [9.17, 15) is 4.79 Å². The highest BCUT2D eigenvalue weighted by Crippen LogP contribution is 2.23. The molecule has 20 heavy (non-hydrogen) atoms. The monoisotopic (exact) mass is 362 g/mol. The third-order valence-corrected chi connectivity index (χ3v) is 4.39. The van der Waals surface area contributed by atoms with Crippen LogP contribution in [0.4, 0.5) is 0 Å². The minimum atomic E-state index is -0.674. The van der Waals surface area contributed by atoms with Gasteiger partial charge in [-0.05, 0) is 37.6 Å². The first-order valence-electron chi connectivity index (χ1n) is 6.45. The molecule has 1 aliphatic heterocycles. The summed E-state index contributed by atoms with van der Waals surface area (Å²) in [6.45, 7) is 2.14. The van der Waals surface area contributed by atoms with Crippen molar-refractivity contribution >= 4 is 34.2 Å². The van der Waals surface area contributed by atoms with E-state index in [4.69, 9.17) is 4.74 Å². The number of benzene rings is 1. The van der Waals surface area contributed by atoms with Crippen molar-refractivity contribution in [3.05, 3.63) is 34.3 Å². The first-order valence-corrected chi connectivity index (χ1v) is 7.25. The number of rotatable bonds is 4. The molecule has 6 heteroatoms. The summed E-state index contributed by atoms with van der Waals surface area (Å²) < 4.78 is 6.50. The second-order valence-corrected chi connectivity index (χ2v) is 5.58. The Labute approximate surface area is 134 Å². The molecule has 1 fully saturated rings. The van der Waals surface area contributed by atoms with Crippen molar-refractivity contribution in [3.8, 4) is 0 Å². The molecular formula is C14H20BrClN2O2. The van der Waals surface area contributed by atoms with Gasteiger partial charge in [0.15, 0.2) is 0 Å². The molecule has 112 valence electrons. The maximum Gasteiger partial charge on any atom is 0.252 e. The smallest absolute Gasteiger partial charge is 0.252 e. The number of amides is 1. The van der Waals surface area contributed by atoms with Gasteiger partial charge in [0.2, 0.25) is 0 Å². The highest BCUT2D eigenvalue weighted by molar-refractivity contribution is 9.10. The summed E-state index contributed by atoms with van der Waals surface area (Å²) in [5.74, 6) is -0.0211. The Bertz CT molecular complexity index is 451. The van der Waals surface area contributed by atoms with E-state index in [1.54, 1.807) is 7.11 Å². The van der Waals surface area contributed by atoms with Crippen molar-refractivity contribution in [3.63, 3.8) is 0 Å². The maximum atomic E-state index is 12.4. The summed E-state index contributed by atoms with van der Waals surface area (Å²) >= 11 is 3.48. The number of hydrogen-bond acceptors (Lipinski definition) is 3. The standard InChI is InChI=1S/C14H19BrN2O2.ClH/c1-19-14(6-8-16-9-7-14)13(18)17-10-11-4-2-3-5-12(11)15;/h2-5,16H,6-10H2,1H3,(H,17,18);1H. The van der Waals surface area contributed by atoms with Crippen molar-refractivity contribution in [2.45, 2.75) is 25.0 Å². The predicted molar refractivity (Wildman–Crippen MR) is 85.1 cm³/mol. The molecule has 0 aliphatic carbocycles. The zero-order chi connectivity index (χ0) is 13.7. The Balaban J connectivity index is 0.00000200. The summed E-state index contributed by atoms with van der Waals surface area (Å²) in [4.78, 5) is 12.4. The van der Waals surface area contributed by atoms with Crippen molar-refractivity contribution in [1.82, 2.24) is 10.6 Å². The molecule has 2 rings (SSSR count). The largest absolute Gasteiger partial charge is 0.368 e. The minimum absolute atomic E-state index is 0. The van der Waals surface area contributed by atoms with E-state index < -0.39 is 5.60 Å². The lowest BCUT2D eigenvalue weighted by Gasteiger charge is -2.34. The number of ether oxygens (including phenoxy) is 1. The highest BCUT2D eigenvalue weighted by Gasteiger charge is 2.39. The molecular weight excluding hydrogens is 344 g/mol. The number of carbonyl (C=O) groups excluding carboxylic acids is 1. The van der Waals surface area contributed by atoms with Crippen LogP contribution in [0.2, 0.25) is 0 Å². The summed E-state index contributed by atoms with van der Waals surface area (Å²) in [6.07, 6.45) is 1.43. The third kappa shape index (κ3) is 3.95. The minimum Gasteiger partial charge on any atom is -0.368 e. The number of halogens is 2. The molecule has 0 saturated carbocycles. The van der Waals surface area contributed by atoms with Crippen LogP contribution in [0.25, 0.3) is 0 Å². The summed E-state index contributed by atoms with van der Waals surface area (Å²) in [7, 11) is 1.61. The molecule has 0 bridgehead atoms. The average molecular weight is 364 g/mol. The topological polar surface area (TPSA) is 50.4 Å². The lowest BCUT2D eigenvalue weighted by atomic mass is 9.91. The van der Waals surface area contributed by atoms with E-state index in [1.165, 1.54) is 0 Å². The van der Waals surface area contributed by atoms with Gasteiger partial charge in [-0.2, -0.15) is 0 Å². The molecule has 0 radical (unpaired) electrons. The Hall–Kier alpha value is -0.620. The summed E-state index contributed by atoms with van der Waals surface area (Å²) in [5, 5.41) is 6.22. The van der Waals surface area contributed by atoms with Gasteiger partial charge in [-0.15, -0.1) is 12.4 Å².